The highest BCUT2D eigenvalue weighted by Gasteiger charge is 2.33. The van der Waals surface area contributed by atoms with Gasteiger partial charge < -0.3 is 5.11 Å². The lowest BCUT2D eigenvalue weighted by Gasteiger charge is -2.32. The molecule has 1 fully saturated rings. The summed E-state index contributed by atoms with van der Waals surface area (Å²) < 4.78 is 37.1. The molecule has 0 atom stereocenters. The number of hydrogen-bond donors (Lipinski definition) is 1. The van der Waals surface area contributed by atoms with E-state index in [0.29, 0.717) is 18.4 Å². The Hall–Kier alpha value is -1.03. The lowest BCUT2D eigenvalue weighted by atomic mass is 9.77. The Kier molecular flexibility index (Phi) is 2.46. The molecule has 1 nitrogen and oxygen atoms in total. The summed E-state index contributed by atoms with van der Waals surface area (Å²) in [6, 6.07) is 5.35. The smallest absolute Gasteiger partial charge is 0.393 e. The Labute approximate surface area is 85.5 Å². The molecule has 1 aliphatic rings. The van der Waals surface area contributed by atoms with Crippen LogP contribution in [0, 0.1) is 0 Å². The highest BCUT2D eigenvalue weighted by molar-refractivity contribution is 5.29. The van der Waals surface area contributed by atoms with Gasteiger partial charge in [-0.3, -0.25) is 0 Å². The fourth-order valence-corrected chi connectivity index (χ4v) is 1.83. The summed E-state index contributed by atoms with van der Waals surface area (Å²) in [4.78, 5) is 0. The molecule has 82 valence electrons. The fraction of sp³-hybridized carbons (Fsp3) is 0.455. The minimum atomic E-state index is -4.28. The maximum Gasteiger partial charge on any atom is 0.416 e. The molecule has 0 saturated heterocycles. The first-order chi connectivity index (χ1) is 6.97. The van der Waals surface area contributed by atoms with E-state index in [4.69, 9.17) is 5.11 Å². The summed E-state index contributed by atoms with van der Waals surface area (Å²) in [6.45, 7) is 0. The van der Waals surface area contributed by atoms with Crippen molar-refractivity contribution in [3.8, 4) is 0 Å². The number of rotatable bonds is 1. The van der Waals surface area contributed by atoms with Gasteiger partial charge in [0.05, 0.1) is 11.7 Å². The van der Waals surface area contributed by atoms with Gasteiger partial charge in [0.2, 0.25) is 0 Å². The minimum absolute atomic E-state index is 0.0855. The molecule has 0 bridgehead atoms. The second-order valence-corrected chi connectivity index (χ2v) is 3.95. The minimum Gasteiger partial charge on any atom is -0.393 e. The third-order valence-electron chi connectivity index (χ3n) is 2.80. The van der Waals surface area contributed by atoms with Gasteiger partial charge in [-0.25, -0.2) is 0 Å². The maximum atomic E-state index is 12.4. The molecule has 0 amide bonds. The number of aliphatic hydroxyl groups excluding tert-OH is 1. The van der Waals surface area contributed by atoms with Crippen LogP contribution < -0.4 is 0 Å². The van der Waals surface area contributed by atoms with Crippen LogP contribution in [0.4, 0.5) is 13.2 Å². The van der Waals surface area contributed by atoms with Crippen LogP contribution in [0.2, 0.25) is 0 Å². The van der Waals surface area contributed by atoms with E-state index in [1.165, 1.54) is 12.1 Å². The average Bonchev–Trinajstić information content (AvgIpc) is 2.12. The summed E-state index contributed by atoms with van der Waals surface area (Å²) in [5.74, 6) is 0.0855. The van der Waals surface area contributed by atoms with Crippen molar-refractivity contribution in [2.45, 2.75) is 31.0 Å². The highest BCUT2D eigenvalue weighted by Crippen LogP contribution is 2.39. The standard InChI is InChI=1S/C11H11F3O/c12-11(13,14)9-3-1-2-7(4-9)8-5-10(15)6-8/h1-4,8,10,15H,5-6H2. The topological polar surface area (TPSA) is 20.2 Å². The van der Waals surface area contributed by atoms with E-state index in [9.17, 15) is 13.2 Å². The molecule has 15 heavy (non-hydrogen) atoms. The third kappa shape index (κ3) is 2.15. The van der Waals surface area contributed by atoms with E-state index in [1.807, 2.05) is 0 Å². The van der Waals surface area contributed by atoms with Crippen molar-refractivity contribution in [2.75, 3.05) is 0 Å². The molecule has 1 N–H and O–H groups in total. The summed E-state index contributed by atoms with van der Waals surface area (Å²) >= 11 is 0. The molecule has 0 spiro atoms. The zero-order valence-electron chi connectivity index (χ0n) is 7.96. The first-order valence-corrected chi connectivity index (χ1v) is 4.82. The number of aliphatic hydroxyl groups is 1. The van der Waals surface area contributed by atoms with Crippen molar-refractivity contribution in [3.63, 3.8) is 0 Å². The first kappa shape index (κ1) is 10.5. The predicted octanol–water partition coefficient (Wildman–Crippen LogP) is 2.94. The lowest BCUT2D eigenvalue weighted by molar-refractivity contribution is -0.137. The van der Waals surface area contributed by atoms with Crippen LogP contribution in [0.25, 0.3) is 0 Å². The van der Waals surface area contributed by atoms with Gasteiger partial charge in [-0.05, 0) is 30.4 Å². The van der Waals surface area contributed by atoms with Crippen molar-refractivity contribution in [2.24, 2.45) is 0 Å². The molecule has 0 aliphatic heterocycles. The molecule has 1 aliphatic carbocycles. The Morgan fingerprint density at radius 3 is 2.40 bits per heavy atom. The van der Waals surface area contributed by atoms with Gasteiger partial charge in [0.1, 0.15) is 0 Å². The van der Waals surface area contributed by atoms with Crippen molar-refractivity contribution in [3.05, 3.63) is 35.4 Å². The van der Waals surface area contributed by atoms with E-state index in [1.54, 1.807) is 6.07 Å². The van der Waals surface area contributed by atoms with Crippen LogP contribution in [-0.2, 0) is 6.18 Å². The number of alkyl halides is 3. The molecule has 2 rings (SSSR count). The second-order valence-electron chi connectivity index (χ2n) is 3.95. The van der Waals surface area contributed by atoms with E-state index in [-0.39, 0.29) is 12.0 Å². The average molecular weight is 216 g/mol. The Morgan fingerprint density at radius 2 is 1.87 bits per heavy atom. The van der Waals surface area contributed by atoms with Gasteiger partial charge in [-0.1, -0.05) is 18.2 Å². The second kappa shape index (κ2) is 3.52. The van der Waals surface area contributed by atoms with Crippen LogP contribution in [0.3, 0.4) is 0 Å². The normalized spacial score (nSPS) is 26.1. The van der Waals surface area contributed by atoms with Crippen LogP contribution >= 0.6 is 0 Å². The fourth-order valence-electron chi connectivity index (χ4n) is 1.83. The van der Waals surface area contributed by atoms with Gasteiger partial charge >= 0.3 is 6.18 Å². The van der Waals surface area contributed by atoms with Gasteiger partial charge in [-0.2, -0.15) is 13.2 Å². The zero-order valence-corrected chi connectivity index (χ0v) is 7.96. The third-order valence-corrected chi connectivity index (χ3v) is 2.80. The van der Waals surface area contributed by atoms with Gasteiger partial charge in [-0.15, -0.1) is 0 Å². The summed E-state index contributed by atoms with van der Waals surface area (Å²) in [6.07, 6.45) is -3.48. The highest BCUT2D eigenvalue weighted by atomic mass is 19.4. The van der Waals surface area contributed by atoms with Crippen molar-refractivity contribution in [1.29, 1.82) is 0 Å². The lowest BCUT2D eigenvalue weighted by Crippen LogP contribution is -2.26. The zero-order chi connectivity index (χ0) is 11.1. The van der Waals surface area contributed by atoms with E-state index < -0.39 is 11.7 Å². The molecular weight excluding hydrogens is 205 g/mol. The molecule has 1 aromatic rings. The Balaban J connectivity index is 2.20. The van der Waals surface area contributed by atoms with Crippen LogP contribution in [0.1, 0.15) is 29.9 Å². The van der Waals surface area contributed by atoms with Crippen molar-refractivity contribution >= 4 is 0 Å². The maximum absolute atomic E-state index is 12.4. The molecule has 1 saturated carbocycles. The van der Waals surface area contributed by atoms with Gasteiger partial charge in [0, 0.05) is 0 Å². The van der Waals surface area contributed by atoms with E-state index >= 15 is 0 Å². The van der Waals surface area contributed by atoms with Crippen LogP contribution in [0.15, 0.2) is 24.3 Å². The number of halogens is 3. The number of hydrogen-bond acceptors (Lipinski definition) is 1. The van der Waals surface area contributed by atoms with Crippen LogP contribution in [-0.4, -0.2) is 11.2 Å². The van der Waals surface area contributed by atoms with Crippen molar-refractivity contribution < 1.29 is 18.3 Å². The summed E-state index contributed by atoms with van der Waals surface area (Å²) in [5, 5.41) is 9.09. The molecule has 0 unspecified atom stereocenters. The largest absolute Gasteiger partial charge is 0.416 e. The molecule has 0 heterocycles. The van der Waals surface area contributed by atoms with Crippen molar-refractivity contribution in [1.82, 2.24) is 0 Å². The summed E-state index contributed by atoms with van der Waals surface area (Å²) in [7, 11) is 0. The van der Waals surface area contributed by atoms with E-state index in [2.05, 4.69) is 0 Å². The monoisotopic (exact) mass is 216 g/mol. The molecule has 0 radical (unpaired) electrons. The molecule has 4 heteroatoms. The first-order valence-electron chi connectivity index (χ1n) is 4.82. The van der Waals surface area contributed by atoms with Gasteiger partial charge in [0.25, 0.3) is 0 Å². The predicted molar refractivity (Wildman–Crippen MR) is 49.4 cm³/mol. The summed E-state index contributed by atoms with van der Waals surface area (Å²) in [5.41, 5.74) is 0.0662. The van der Waals surface area contributed by atoms with E-state index in [0.717, 1.165) is 6.07 Å². The number of benzene rings is 1. The Bertz CT molecular complexity index is 353. The molecular formula is C11H11F3O. The SMILES string of the molecule is OC1CC(c2cccc(C(F)(F)F)c2)C1. The Morgan fingerprint density at radius 1 is 1.20 bits per heavy atom. The molecule has 1 aromatic carbocycles. The molecule has 0 aromatic heterocycles. The van der Waals surface area contributed by atoms with Gasteiger partial charge in [0.15, 0.2) is 0 Å². The quantitative estimate of drug-likeness (QED) is 0.765. The van der Waals surface area contributed by atoms with Crippen LogP contribution in [0.5, 0.6) is 0 Å².